The second-order valence-corrected chi connectivity index (χ2v) is 7.14. The minimum atomic E-state index is 0.238. The molecule has 6 heteroatoms. The third-order valence-electron chi connectivity index (χ3n) is 3.17. The summed E-state index contributed by atoms with van der Waals surface area (Å²) in [6.07, 6.45) is 0. The van der Waals surface area contributed by atoms with Crippen molar-refractivity contribution in [2.75, 3.05) is 14.2 Å². The number of thiophene rings is 1. The zero-order chi connectivity index (χ0) is 15.4. The fraction of sp³-hybridized carbons (Fsp3) is 0.333. The maximum atomic E-state index is 5.97. The van der Waals surface area contributed by atoms with E-state index in [0.29, 0.717) is 5.75 Å². The molecule has 0 aliphatic carbocycles. The Morgan fingerprint density at radius 1 is 1.24 bits per heavy atom. The summed E-state index contributed by atoms with van der Waals surface area (Å²) in [7, 11) is 3.27. The lowest BCUT2D eigenvalue weighted by atomic mass is 10.2. The molecule has 1 N–H and O–H groups in total. The van der Waals surface area contributed by atoms with E-state index in [1.807, 2.05) is 24.3 Å². The summed E-state index contributed by atoms with van der Waals surface area (Å²) in [6.45, 7) is 2.84. The van der Waals surface area contributed by atoms with Crippen LogP contribution in [0.2, 0.25) is 4.34 Å². The molecule has 1 aromatic carbocycles. The molecule has 1 aromatic heterocycles. The average Bonchev–Trinajstić information content (AvgIpc) is 2.91. The van der Waals surface area contributed by atoms with Gasteiger partial charge in [0, 0.05) is 21.9 Å². The molecular formula is C15H17BrClNO2S. The summed E-state index contributed by atoms with van der Waals surface area (Å²) in [5.74, 6) is 1.44. The molecule has 0 amide bonds. The lowest BCUT2D eigenvalue weighted by Gasteiger charge is -2.15. The molecule has 1 heterocycles. The van der Waals surface area contributed by atoms with Crippen molar-refractivity contribution in [2.24, 2.45) is 0 Å². The first kappa shape index (κ1) is 16.6. The van der Waals surface area contributed by atoms with Crippen LogP contribution < -0.4 is 14.8 Å². The SMILES string of the molecule is COc1cc(Br)c(CNC(C)c2ccc(Cl)s2)cc1OC. The van der Waals surface area contributed by atoms with Crippen molar-refractivity contribution in [1.29, 1.82) is 0 Å². The first-order valence-corrected chi connectivity index (χ1v) is 8.43. The van der Waals surface area contributed by atoms with E-state index in [9.17, 15) is 0 Å². The molecule has 0 aliphatic rings. The Bertz CT molecular complexity index is 618. The van der Waals surface area contributed by atoms with E-state index in [0.717, 1.165) is 26.7 Å². The van der Waals surface area contributed by atoms with Gasteiger partial charge in [0.25, 0.3) is 0 Å². The number of hydrogen-bond donors (Lipinski definition) is 1. The maximum absolute atomic E-state index is 5.97. The normalized spacial score (nSPS) is 12.2. The van der Waals surface area contributed by atoms with Crippen molar-refractivity contribution in [3.63, 3.8) is 0 Å². The van der Waals surface area contributed by atoms with E-state index < -0.39 is 0 Å². The van der Waals surface area contributed by atoms with Crippen LogP contribution in [0.1, 0.15) is 23.4 Å². The number of rotatable bonds is 6. The van der Waals surface area contributed by atoms with Crippen molar-refractivity contribution in [3.8, 4) is 11.5 Å². The minimum absolute atomic E-state index is 0.238. The maximum Gasteiger partial charge on any atom is 0.161 e. The Morgan fingerprint density at radius 3 is 2.48 bits per heavy atom. The largest absolute Gasteiger partial charge is 0.493 e. The number of halogens is 2. The quantitative estimate of drug-likeness (QED) is 0.750. The first-order chi connectivity index (χ1) is 10.0. The van der Waals surface area contributed by atoms with E-state index in [2.05, 4.69) is 28.2 Å². The monoisotopic (exact) mass is 389 g/mol. The molecule has 21 heavy (non-hydrogen) atoms. The van der Waals surface area contributed by atoms with Crippen molar-refractivity contribution in [3.05, 3.63) is 43.5 Å². The second-order valence-electron chi connectivity index (χ2n) is 4.54. The highest BCUT2D eigenvalue weighted by Crippen LogP contribution is 2.34. The van der Waals surface area contributed by atoms with Crippen molar-refractivity contribution in [2.45, 2.75) is 19.5 Å². The van der Waals surface area contributed by atoms with Gasteiger partial charge in [-0.25, -0.2) is 0 Å². The van der Waals surface area contributed by atoms with Gasteiger partial charge in [0.1, 0.15) is 0 Å². The summed E-state index contributed by atoms with van der Waals surface area (Å²) >= 11 is 11.1. The van der Waals surface area contributed by atoms with E-state index in [-0.39, 0.29) is 6.04 Å². The molecule has 0 radical (unpaired) electrons. The number of methoxy groups -OCH3 is 2. The van der Waals surface area contributed by atoms with Crippen LogP contribution >= 0.6 is 38.9 Å². The van der Waals surface area contributed by atoms with E-state index >= 15 is 0 Å². The third-order valence-corrected chi connectivity index (χ3v) is 5.32. The van der Waals surface area contributed by atoms with Gasteiger partial charge in [0.15, 0.2) is 11.5 Å². The highest BCUT2D eigenvalue weighted by Gasteiger charge is 2.12. The van der Waals surface area contributed by atoms with Gasteiger partial charge in [-0.2, -0.15) is 0 Å². The Labute approximate surface area is 142 Å². The molecule has 2 rings (SSSR count). The van der Waals surface area contributed by atoms with Crippen LogP contribution in [0.25, 0.3) is 0 Å². The lowest BCUT2D eigenvalue weighted by Crippen LogP contribution is -2.17. The zero-order valence-corrected chi connectivity index (χ0v) is 15.2. The first-order valence-electron chi connectivity index (χ1n) is 6.44. The van der Waals surface area contributed by atoms with Crippen LogP contribution in [-0.4, -0.2) is 14.2 Å². The van der Waals surface area contributed by atoms with Crippen molar-refractivity contribution < 1.29 is 9.47 Å². The second kappa shape index (κ2) is 7.49. The van der Waals surface area contributed by atoms with Crippen LogP contribution in [0.4, 0.5) is 0 Å². The number of nitrogens with one attached hydrogen (secondary N) is 1. The summed E-state index contributed by atoms with van der Waals surface area (Å²) < 4.78 is 12.4. The smallest absolute Gasteiger partial charge is 0.161 e. The molecule has 0 bridgehead atoms. The molecule has 0 saturated heterocycles. The number of ether oxygens (including phenoxy) is 2. The fourth-order valence-electron chi connectivity index (χ4n) is 1.96. The van der Waals surface area contributed by atoms with Gasteiger partial charge in [-0.1, -0.05) is 27.5 Å². The molecule has 114 valence electrons. The highest BCUT2D eigenvalue weighted by atomic mass is 79.9. The number of hydrogen-bond acceptors (Lipinski definition) is 4. The molecule has 2 aromatic rings. The predicted molar refractivity (Wildman–Crippen MR) is 91.8 cm³/mol. The van der Waals surface area contributed by atoms with Gasteiger partial charge in [-0.15, -0.1) is 11.3 Å². The van der Waals surface area contributed by atoms with Crippen LogP contribution in [-0.2, 0) is 6.54 Å². The van der Waals surface area contributed by atoms with Crippen LogP contribution in [0.15, 0.2) is 28.7 Å². The molecule has 1 unspecified atom stereocenters. The highest BCUT2D eigenvalue weighted by molar-refractivity contribution is 9.10. The summed E-state index contributed by atoms with van der Waals surface area (Å²) in [5, 5.41) is 3.48. The van der Waals surface area contributed by atoms with Gasteiger partial charge in [-0.05, 0) is 36.8 Å². The molecule has 0 fully saturated rings. The Hall–Kier alpha value is -0.750. The van der Waals surface area contributed by atoms with Crippen LogP contribution in [0.3, 0.4) is 0 Å². The Balaban J connectivity index is 2.09. The fourth-order valence-corrected chi connectivity index (χ4v) is 3.51. The topological polar surface area (TPSA) is 30.5 Å². The molecular weight excluding hydrogens is 374 g/mol. The summed E-state index contributed by atoms with van der Waals surface area (Å²) in [6, 6.07) is 8.11. The zero-order valence-electron chi connectivity index (χ0n) is 12.1. The molecule has 3 nitrogen and oxygen atoms in total. The molecule has 0 aliphatic heterocycles. The lowest BCUT2D eigenvalue weighted by molar-refractivity contribution is 0.354. The standard InChI is InChI=1S/C15H17BrClNO2S/c1-9(14-4-5-15(17)21-14)18-8-10-6-12(19-2)13(20-3)7-11(10)16/h4-7,9,18H,8H2,1-3H3. The van der Waals surface area contributed by atoms with E-state index in [1.54, 1.807) is 25.6 Å². The predicted octanol–water partition coefficient (Wildman–Crippen LogP) is 5.03. The summed E-state index contributed by atoms with van der Waals surface area (Å²) in [5.41, 5.74) is 1.11. The average molecular weight is 391 g/mol. The van der Waals surface area contributed by atoms with E-state index in [1.165, 1.54) is 4.88 Å². The van der Waals surface area contributed by atoms with Gasteiger partial charge in [-0.3, -0.25) is 0 Å². The van der Waals surface area contributed by atoms with Gasteiger partial charge in [0.05, 0.1) is 18.6 Å². The Morgan fingerprint density at radius 2 is 1.90 bits per heavy atom. The third kappa shape index (κ3) is 4.13. The van der Waals surface area contributed by atoms with Crippen LogP contribution in [0.5, 0.6) is 11.5 Å². The molecule has 0 spiro atoms. The van der Waals surface area contributed by atoms with E-state index in [4.69, 9.17) is 21.1 Å². The molecule has 1 atom stereocenters. The van der Waals surface area contributed by atoms with Gasteiger partial charge >= 0.3 is 0 Å². The summed E-state index contributed by atoms with van der Waals surface area (Å²) in [4.78, 5) is 1.22. The van der Waals surface area contributed by atoms with Gasteiger partial charge < -0.3 is 14.8 Å². The van der Waals surface area contributed by atoms with Gasteiger partial charge in [0.2, 0.25) is 0 Å². The Kier molecular flexibility index (Phi) is 5.93. The van der Waals surface area contributed by atoms with Crippen LogP contribution in [0, 0.1) is 0 Å². The number of benzene rings is 1. The minimum Gasteiger partial charge on any atom is -0.493 e. The van der Waals surface area contributed by atoms with Crippen molar-refractivity contribution in [1.82, 2.24) is 5.32 Å². The van der Waals surface area contributed by atoms with Crippen molar-refractivity contribution >= 4 is 38.9 Å². The molecule has 0 saturated carbocycles.